The molecule has 0 saturated carbocycles. The number of piperidine rings is 1. The van der Waals surface area contributed by atoms with Crippen molar-refractivity contribution in [1.82, 2.24) is 10.2 Å². The third kappa shape index (κ3) is 3.00. The minimum atomic E-state index is -4.55. The SMILES string of the molecule is CC1CCN(c2ccc(C(F)(F)F)nn2)C(C(=O)O)C1. The van der Waals surface area contributed by atoms with E-state index in [1.54, 1.807) is 0 Å². The van der Waals surface area contributed by atoms with E-state index in [1.165, 1.54) is 11.0 Å². The van der Waals surface area contributed by atoms with Gasteiger partial charge in [-0.2, -0.15) is 13.2 Å². The molecular formula is C12H14F3N3O2. The highest BCUT2D eigenvalue weighted by Crippen LogP contribution is 2.30. The Bertz CT molecular complexity index is 490. The van der Waals surface area contributed by atoms with Crippen LogP contribution in [0.2, 0.25) is 0 Å². The van der Waals surface area contributed by atoms with E-state index >= 15 is 0 Å². The molecule has 1 aliphatic heterocycles. The summed E-state index contributed by atoms with van der Waals surface area (Å²) in [4.78, 5) is 12.7. The van der Waals surface area contributed by atoms with Crippen LogP contribution in [0.4, 0.5) is 19.0 Å². The minimum absolute atomic E-state index is 0.164. The predicted molar refractivity (Wildman–Crippen MR) is 64.2 cm³/mol. The van der Waals surface area contributed by atoms with Gasteiger partial charge in [-0.25, -0.2) is 4.79 Å². The normalized spacial score (nSPS) is 23.7. The molecule has 5 nitrogen and oxygen atoms in total. The van der Waals surface area contributed by atoms with Gasteiger partial charge in [0.25, 0.3) is 0 Å². The molecule has 2 rings (SSSR count). The van der Waals surface area contributed by atoms with E-state index in [2.05, 4.69) is 10.2 Å². The standard InChI is InChI=1S/C12H14F3N3O2/c1-7-4-5-18(8(6-7)11(19)20)10-3-2-9(16-17-10)12(13,14)15/h2-3,7-8H,4-6H2,1H3,(H,19,20). The van der Waals surface area contributed by atoms with E-state index in [4.69, 9.17) is 0 Å². The molecule has 2 atom stereocenters. The second-order valence-corrected chi connectivity index (χ2v) is 4.95. The van der Waals surface area contributed by atoms with Crippen molar-refractivity contribution in [2.75, 3.05) is 11.4 Å². The first-order chi connectivity index (χ1) is 9.29. The second kappa shape index (κ2) is 5.26. The van der Waals surface area contributed by atoms with E-state index in [1.807, 2.05) is 6.92 Å². The zero-order valence-corrected chi connectivity index (χ0v) is 10.8. The van der Waals surface area contributed by atoms with Crippen molar-refractivity contribution in [3.05, 3.63) is 17.8 Å². The quantitative estimate of drug-likeness (QED) is 0.904. The van der Waals surface area contributed by atoms with Crippen molar-refractivity contribution >= 4 is 11.8 Å². The fourth-order valence-electron chi connectivity index (χ4n) is 2.28. The van der Waals surface area contributed by atoms with Crippen molar-refractivity contribution in [2.24, 2.45) is 5.92 Å². The molecule has 110 valence electrons. The predicted octanol–water partition coefficient (Wildman–Crippen LogP) is 2.18. The molecule has 1 aromatic rings. The van der Waals surface area contributed by atoms with Gasteiger partial charge in [0.1, 0.15) is 6.04 Å². The Morgan fingerprint density at radius 1 is 1.40 bits per heavy atom. The molecule has 20 heavy (non-hydrogen) atoms. The largest absolute Gasteiger partial charge is 0.480 e. The maximum atomic E-state index is 12.4. The van der Waals surface area contributed by atoms with Crippen LogP contribution in [-0.2, 0) is 11.0 Å². The molecule has 2 heterocycles. The number of rotatable bonds is 2. The Morgan fingerprint density at radius 2 is 2.10 bits per heavy atom. The topological polar surface area (TPSA) is 66.3 Å². The lowest BCUT2D eigenvalue weighted by Crippen LogP contribution is -2.47. The summed E-state index contributed by atoms with van der Waals surface area (Å²) in [6.45, 7) is 2.39. The van der Waals surface area contributed by atoms with Crippen LogP contribution in [0.1, 0.15) is 25.5 Å². The van der Waals surface area contributed by atoms with Crippen molar-refractivity contribution in [2.45, 2.75) is 32.0 Å². The zero-order valence-electron chi connectivity index (χ0n) is 10.8. The molecular weight excluding hydrogens is 275 g/mol. The first kappa shape index (κ1) is 14.5. The fourth-order valence-corrected chi connectivity index (χ4v) is 2.28. The van der Waals surface area contributed by atoms with Gasteiger partial charge in [0.15, 0.2) is 11.5 Å². The number of aliphatic carboxylic acids is 1. The van der Waals surface area contributed by atoms with Gasteiger partial charge in [-0.3, -0.25) is 0 Å². The monoisotopic (exact) mass is 289 g/mol. The van der Waals surface area contributed by atoms with Crippen LogP contribution in [0, 0.1) is 5.92 Å². The summed E-state index contributed by atoms with van der Waals surface area (Å²) < 4.78 is 37.2. The number of carboxylic acid groups (broad SMARTS) is 1. The van der Waals surface area contributed by atoms with Crippen LogP contribution in [0.25, 0.3) is 0 Å². The van der Waals surface area contributed by atoms with Gasteiger partial charge in [0.2, 0.25) is 0 Å². The van der Waals surface area contributed by atoms with E-state index < -0.39 is 23.9 Å². The van der Waals surface area contributed by atoms with Gasteiger partial charge in [-0.15, -0.1) is 10.2 Å². The van der Waals surface area contributed by atoms with Crippen LogP contribution in [0.3, 0.4) is 0 Å². The average molecular weight is 289 g/mol. The molecule has 1 aliphatic rings. The van der Waals surface area contributed by atoms with Crippen molar-refractivity contribution in [3.8, 4) is 0 Å². The number of anilines is 1. The molecule has 1 N–H and O–H groups in total. The Balaban J connectivity index is 2.23. The first-order valence-electron chi connectivity index (χ1n) is 6.19. The van der Waals surface area contributed by atoms with Crippen LogP contribution in [0.5, 0.6) is 0 Å². The number of alkyl halides is 3. The molecule has 0 spiro atoms. The Hall–Kier alpha value is -1.86. The number of hydrogen-bond donors (Lipinski definition) is 1. The Morgan fingerprint density at radius 3 is 2.60 bits per heavy atom. The number of carboxylic acids is 1. The van der Waals surface area contributed by atoms with E-state index in [0.29, 0.717) is 13.0 Å². The number of nitrogens with zero attached hydrogens (tertiary/aromatic N) is 3. The maximum absolute atomic E-state index is 12.4. The number of aromatic nitrogens is 2. The minimum Gasteiger partial charge on any atom is -0.480 e. The Kier molecular flexibility index (Phi) is 3.82. The summed E-state index contributed by atoms with van der Waals surface area (Å²) in [5.41, 5.74) is -1.08. The molecule has 1 aromatic heterocycles. The summed E-state index contributed by atoms with van der Waals surface area (Å²) in [6, 6.07) is 1.21. The second-order valence-electron chi connectivity index (χ2n) is 4.95. The molecule has 2 unspecified atom stereocenters. The zero-order chi connectivity index (χ0) is 14.9. The first-order valence-corrected chi connectivity index (χ1v) is 6.19. The average Bonchev–Trinajstić information content (AvgIpc) is 2.37. The summed E-state index contributed by atoms with van der Waals surface area (Å²) >= 11 is 0. The van der Waals surface area contributed by atoms with Crippen LogP contribution < -0.4 is 4.90 Å². The van der Waals surface area contributed by atoms with Crippen molar-refractivity contribution in [3.63, 3.8) is 0 Å². The Labute approximate surface area is 113 Å². The van der Waals surface area contributed by atoms with Crippen molar-refractivity contribution < 1.29 is 23.1 Å². The summed E-state index contributed by atoms with van der Waals surface area (Å²) in [5.74, 6) is -0.578. The lowest BCUT2D eigenvalue weighted by atomic mass is 9.92. The van der Waals surface area contributed by atoms with Gasteiger partial charge in [-0.05, 0) is 30.9 Å². The van der Waals surface area contributed by atoms with Gasteiger partial charge < -0.3 is 10.0 Å². The summed E-state index contributed by atoms with van der Waals surface area (Å²) in [7, 11) is 0. The lowest BCUT2D eigenvalue weighted by molar-refractivity contribution is -0.142. The maximum Gasteiger partial charge on any atom is 0.435 e. The highest BCUT2D eigenvalue weighted by atomic mass is 19.4. The third-order valence-electron chi connectivity index (χ3n) is 3.38. The smallest absolute Gasteiger partial charge is 0.435 e. The van der Waals surface area contributed by atoms with Gasteiger partial charge in [0.05, 0.1) is 0 Å². The molecule has 0 radical (unpaired) electrons. The van der Waals surface area contributed by atoms with E-state index in [9.17, 15) is 23.1 Å². The molecule has 0 aliphatic carbocycles. The van der Waals surface area contributed by atoms with Crippen LogP contribution >= 0.6 is 0 Å². The van der Waals surface area contributed by atoms with Gasteiger partial charge in [-0.1, -0.05) is 6.92 Å². The number of halogens is 3. The highest BCUT2D eigenvalue weighted by molar-refractivity contribution is 5.78. The molecule has 8 heteroatoms. The number of hydrogen-bond acceptors (Lipinski definition) is 4. The summed E-state index contributed by atoms with van der Waals surface area (Å²) in [6.07, 6.45) is -3.33. The molecule has 1 saturated heterocycles. The van der Waals surface area contributed by atoms with E-state index in [0.717, 1.165) is 12.5 Å². The van der Waals surface area contributed by atoms with Crippen LogP contribution in [-0.4, -0.2) is 33.9 Å². The van der Waals surface area contributed by atoms with E-state index in [-0.39, 0.29) is 11.7 Å². The lowest BCUT2D eigenvalue weighted by Gasteiger charge is -2.36. The van der Waals surface area contributed by atoms with Crippen LogP contribution in [0.15, 0.2) is 12.1 Å². The number of carbonyl (C=O) groups is 1. The molecule has 0 bridgehead atoms. The molecule has 0 amide bonds. The summed E-state index contributed by atoms with van der Waals surface area (Å²) in [5, 5.41) is 15.8. The van der Waals surface area contributed by atoms with Gasteiger partial charge >= 0.3 is 12.1 Å². The third-order valence-corrected chi connectivity index (χ3v) is 3.38. The molecule has 0 aromatic carbocycles. The molecule has 1 fully saturated rings. The highest BCUT2D eigenvalue weighted by Gasteiger charge is 2.35. The fraction of sp³-hybridized carbons (Fsp3) is 0.583. The van der Waals surface area contributed by atoms with Gasteiger partial charge in [0, 0.05) is 6.54 Å². The van der Waals surface area contributed by atoms with Crippen molar-refractivity contribution in [1.29, 1.82) is 0 Å².